The molecule has 0 aliphatic rings. The molecule has 1 unspecified atom stereocenters. The first-order valence-corrected chi connectivity index (χ1v) is 6.51. The Kier molecular flexibility index (Phi) is 4.79. The van der Waals surface area contributed by atoms with Crippen LogP contribution in [-0.4, -0.2) is 18.5 Å². The van der Waals surface area contributed by atoms with Crippen molar-refractivity contribution in [3.8, 4) is 11.7 Å². The quantitative estimate of drug-likeness (QED) is 0.848. The molecule has 20 heavy (non-hydrogen) atoms. The van der Waals surface area contributed by atoms with Crippen LogP contribution in [0, 0.1) is 0 Å². The van der Waals surface area contributed by atoms with Crippen LogP contribution in [0.1, 0.15) is 23.9 Å². The van der Waals surface area contributed by atoms with Crippen molar-refractivity contribution in [1.29, 1.82) is 0 Å². The number of para-hydroxylation sites is 1. The molecule has 1 amide bonds. The monoisotopic (exact) mass is 274 g/mol. The minimum absolute atomic E-state index is 0.0591. The van der Waals surface area contributed by atoms with Gasteiger partial charge in [0, 0.05) is 18.7 Å². The summed E-state index contributed by atoms with van der Waals surface area (Å²) in [5, 5.41) is 2.74. The number of rotatable bonds is 6. The molecule has 0 spiro atoms. The molecule has 0 saturated heterocycles. The van der Waals surface area contributed by atoms with Crippen LogP contribution >= 0.6 is 0 Å². The summed E-state index contributed by atoms with van der Waals surface area (Å²) in [6, 6.07) is 12.5. The van der Waals surface area contributed by atoms with Crippen molar-refractivity contribution >= 4 is 5.91 Å². The van der Waals surface area contributed by atoms with E-state index >= 15 is 0 Å². The number of hydrogen-bond acceptors (Lipinski definition) is 4. The Morgan fingerprint density at radius 1 is 1.30 bits per heavy atom. The average molecular weight is 274 g/mol. The van der Waals surface area contributed by atoms with E-state index in [-0.39, 0.29) is 23.7 Å². The molecule has 0 aliphatic carbocycles. The Balaban J connectivity index is 1.90. The van der Waals surface area contributed by atoms with Gasteiger partial charge in [0.25, 0.3) is 11.9 Å². The first-order valence-electron chi connectivity index (χ1n) is 6.51. The molecule has 3 N–H and O–H groups in total. The molecule has 1 heterocycles. The maximum Gasteiger partial charge on any atom is 0.290 e. The van der Waals surface area contributed by atoms with Crippen LogP contribution in [0.3, 0.4) is 0 Å². The van der Waals surface area contributed by atoms with E-state index in [9.17, 15) is 4.79 Å². The summed E-state index contributed by atoms with van der Waals surface area (Å²) in [7, 11) is 0. The zero-order valence-electron chi connectivity index (χ0n) is 11.3. The Morgan fingerprint density at radius 3 is 2.75 bits per heavy atom. The van der Waals surface area contributed by atoms with E-state index in [2.05, 4.69) is 5.32 Å². The Hall–Kier alpha value is -2.27. The highest BCUT2D eigenvalue weighted by atomic mass is 16.6. The summed E-state index contributed by atoms with van der Waals surface area (Å²) in [5.41, 5.74) is 5.61. The second kappa shape index (κ2) is 6.77. The number of hydrogen-bond donors (Lipinski definition) is 2. The number of furan rings is 1. The normalized spacial score (nSPS) is 11.9. The van der Waals surface area contributed by atoms with E-state index < -0.39 is 0 Å². The number of carbonyl (C=O) groups excluding carboxylic acids is 1. The third-order valence-electron chi connectivity index (χ3n) is 2.65. The van der Waals surface area contributed by atoms with Gasteiger partial charge in [-0.3, -0.25) is 4.79 Å². The van der Waals surface area contributed by atoms with Crippen molar-refractivity contribution < 1.29 is 13.9 Å². The van der Waals surface area contributed by atoms with Gasteiger partial charge in [0.05, 0.1) is 0 Å². The Morgan fingerprint density at radius 2 is 2.05 bits per heavy atom. The van der Waals surface area contributed by atoms with E-state index in [1.807, 2.05) is 37.3 Å². The number of nitrogens with one attached hydrogen (secondary N) is 1. The van der Waals surface area contributed by atoms with Gasteiger partial charge in [-0.1, -0.05) is 18.2 Å². The lowest BCUT2D eigenvalue weighted by Gasteiger charge is -2.05. The van der Waals surface area contributed by atoms with Crippen molar-refractivity contribution in [2.45, 2.75) is 19.4 Å². The molecule has 0 aliphatic heterocycles. The van der Waals surface area contributed by atoms with Gasteiger partial charge < -0.3 is 20.2 Å². The number of ether oxygens (including phenoxy) is 1. The van der Waals surface area contributed by atoms with Gasteiger partial charge in [0.1, 0.15) is 5.75 Å². The summed E-state index contributed by atoms with van der Waals surface area (Å²) in [6.45, 7) is 2.41. The molecule has 0 fully saturated rings. The fraction of sp³-hybridized carbons (Fsp3) is 0.267. The molecule has 0 radical (unpaired) electrons. The standard InChI is InChI=1S/C15H18N2O3/c1-11(16)9-10-17-15(18)13-7-8-14(20-13)19-12-5-3-2-4-6-12/h2-8,11H,9-10,16H2,1H3,(H,17,18). The molecule has 0 saturated carbocycles. The van der Waals surface area contributed by atoms with Gasteiger partial charge in [-0.25, -0.2) is 0 Å². The van der Waals surface area contributed by atoms with Gasteiger partial charge >= 0.3 is 0 Å². The third-order valence-corrected chi connectivity index (χ3v) is 2.65. The van der Waals surface area contributed by atoms with Crippen molar-refractivity contribution in [2.24, 2.45) is 5.73 Å². The topological polar surface area (TPSA) is 77.5 Å². The minimum atomic E-state index is -0.270. The maximum absolute atomic E-state index is 11.8. The molecular weight excluding hydrogens is 256 g/mol. The van der Waals surface area contributed by atoms with E-state index in [1.54, 1.807) is 12.1 Å². The predicted molar refractivity (Wildman–Crippen MR) is 75.8 cm³/mol. The molecule has 2 aromatic rings. The average Bonchev–Trinajstić information content (AvgIpc) is 2.88. The SMILES string of the molecule is CC(N)CCNC(=O)c1ccc(Oc2ccccc2)o1. The summed E-state index contributed by atoms with van der Waals surface area (Å²) in [6.07, 6.45) is 0.722. The van der Waals surface area contributed by atoms with Crippen LogP contribution in [0.25, 0.3) is 0 Å². The van der Waals surface area contributed by atoms with Gasteiger partial charge in [-0.2, -0.15) is 0 Å². The lowest BCUT2D eigenvalue weighted by molar-refractivity contribution is 0.0920. The summed E-state index contributed by atoms with van der Waals surface area (Å²) < 4.78 is 10.8. The van der Waals surface area contributed by atoms with Crippen LogP contribution < -0.4 is 15.8 Å². The summed E-state index contributed by atoms with van der Waals surface area (Å²) >= 11 is 0. The number of benzene rings is 1. The number of carbonyl (C=O) groups is 1. The van der Waals surface area contributed by atoms with Crippen LogP contribution in [0.15, 0.2) is 46.9 Å². The molecule has 5 heteroatoms. The smallest absolute Gasteiger partial charge is 0.290 e. The first kappa shape index (κ1) is 14.1. The van der Waals surface area contributed by atoms with E-state index in [4.69, 9.17) is 14.9 Å². The summed E-state index contributed by atoms with van der Waals surface area (Å²) in [4.78, 5) is 11.8. The highest BCUT2D eigenvalue weighted by Gasteiger charge is 2.11. The van der Waals surface area contributed by atoms with E-state index in [0.29, 0.717) is 12.3 Å². The van der Waals surface area contributed by atoms with E-state index in [0.717, 1.165) is 6.42 Å². The van der Waals surface area contributed by atoms with Crippen molar-refractivity contribution in [3.63, 3.8) is 0 Å². The zero-order valence-corrected chi connectivity index (χ0v) is 11.3. The Bertz CT molecular complexity index is 549. The van der Waals surface area contributed by atoms with Crippen molar-refractivity contribution in [2.75, 3.05) is 6.54 Å². The van der Waals surface area contributed by atoms with Gasteiger partial charge in [0.15, 0.2) is 5.76 Å². The highest BCUT2D eigenvalue weighted by Crippen LogP contribution is 2.23. The Labute approximate surface area is 117 Å². The molecule has 1 aromatic heterocycles. The lowest BCUT2D eigenvalue weighted by atomic mass is 10.2. The highest BCUT2D eigenvalue weighted by molar-refractivity contribution is 5.91. The lowest BCUT2D eigenvalue weighted by Crippen LogP contribution is -2.28. The number of amides is 1. The second-order valence-corrected chi connectivity index (χ2v) is 4.56. The molecule has 5 nitrogen and oxygen atoms in total. The summed E-state index contributed by atoms with van der Waals surface area (Å²) in [5.74, 6) is 0.897. The molecule has 106 valence electrons. The molecule has 1 aromatic carbocycles. The van der Waals surface area contributed by atoms with Crippen LogP contribution in [-0.2, 0) is 0 Å². The molecular formula is C15H18N2O3. The molecule has 1 atom stereocenters. The number of nitrogens with two attached hydrogens (primary N) is 1. The predicted octanol–water partition coefficient (Wildman–Crippen LogP) is 2.54. The minimum Gasteiger partial charge on any atom is -0.426 e. The maximum atomic E-state index is 11.8. The first-order chi connectivity index (χ1) is 9.65. The van der Waals surface area contributed by atoms with Crippen molar-refractivity contribution in [1.82, 2.24) is 5.32 Å². The van der Waals surface area contributed by atoms with E-state index in [1.165, 1.54) is 0 Å². The fourth-order valence-corrected chi connectivity index (χ4v) is 1.60. The van der Waals surface area contributed by atoms with Crippen LogP contribution in [0.4, 0.5) is 0 Å². The zero-order chi connectivity index (χ0) is 14.4. The molecule has 2 rings (SSSR count). The van der Waals surface area contributed by atoms with Crippen LogP contribution in [0.5, 0.6) is 11.7 Å². The van der Waals surface area contributed by atoms with Gasteiger partial charge in [0.2, 0.25) is 0 Å². The third kappa shape index (κ3) is 4.13. The van der Waals surface area contributed by atoms with Crippen molar-refractivity contribution in [3.05, 3.63) is 48.2 Å². The van der Waals surface area contributed by atoms with Gasteiger partial charge in [-0.05, 0) is 31.5 Å². The second-order valence-electron chi connectivity index (χ2n) is 4.56. The van der Waals surface area contributed by atoms with Crippen LogP contribution in [0.2, 0.25) is 0 Å². The fourth-order valence-electron chi connectivity index (χ4n) is 1.60. The van der Waals surface area contributed by atoms with Gasteiger partial charge in [-0.15, -0.1) is 0 Å². The largest absolute Gasteiger partial charge is 0.426 e. The molecule has 0 bridgehead atoms.